The van der Waals surface area contributed by atoms with Crippen molar-refractivity contribution in [1.29, 1.82) is 0 Å². The molecule has 3 aliphatic rings. The van der Waals surface area contributed by atoms with Gasteiger partial charge < -0.3 is 9.47 Å². The lowest BCUT2D eigenvalue weighted by Crippen LogP contribution is -2.51. The molecule has 1 spiro atoms. The first-order valence-electron chi connectivity index (χ1n) is 12.1. The molecule has 0 unspecified atom stereocenters. The number of hydrogen-bond donors (Lipinski definition) is 0. The van der Waals surface area contributed by atoms with Crippen LogP contribution in [0.25, 0.3) is 0 Å². The third-order valence-electron chi connectivity index (χ3n) is 7.37. The Bertz CT molecular complexity index is 1510. The molecule has 0 saturated carbocycles. The van der Waals surface area contributed by atoms with Crippen LogP contribution in [0.3, 0.4) is 0 Å². The van der Waals surface area contributed by atoms with E-state index in [0.717, 1.165) is 4.90 Å². The van der Waals surface area contributed by atoms with Gasteiger partial charge in [0.05, 0.1) is 35.8 Å². The number of carbonyl (C=O) groups is 5. The lowest BCUT2D eigenvalue weighted by atomic mass is 9.77. The van der Waals surface area contributed by atoms with Crippen molar-refractivity contribution in [1.82, 2.24) is 0 Å². The lowest BCUT2D eigenvalue weighted by Gasteiger charge is -2.27. The third-order valence-corrected chi connectivity index (χ3v) is 7.37. The number of ketones is 2. The summed E-state index contributed by atoms with van der Waals surface area (Å²) in [6, 6.07) is 17.3. The van der Waals surface area contributed by atoms with Crippen LogP contribution < -0.4 is 4.90 Å². The molecule has 0 N–H and O–H groups in total. The molecule has 0 bridgehead atoms. The van der Waals surface area contributed by atoms with Gasteiger partial charge in [-0.25, -0.2) is 14.1 Å². The first kappa shape index (κ1) is 23.9. The molecule has 38 heavy (non-hydrogen) atoms. The zero-order valence-electron chi connectivity index (χ0n) is 20.1. The van der Waals surface area contributed by atoms with Crippen LogP contribution >= 0.6 is 0 Å². The molecule has 2 saturated heterocycles. The lowest BCUT2D eigenvalue weighted by molar-refractivity contribution is -0.127. The highest BCUT2D eigenvalue weighted by molar-refractivity contribution is 6.37. The Labute approximate surface area is 216 Å². The minimum absolute atomic E-state index is 0.0309. The van der Waals surface area contributed by atoms with Crippen LogP contribution in [0.4, 0.5) is 10.1 Å². The number of esters is 1. The Morgan fingerprint density at radius 3 is 2.11 bits per heavy atom. The van der Waals surface area contributed by atoms with Crippen molar-refractivity contribution in [2.45, 2.75) is 18.6 Å². The number of nitrogens with zero attached hydrogens (tertiary/aromatic N) is 1. The molecule has 2 aliphatic heterocycles. The molecule has 0 aromatic heterocycles. The third kappa shape index (κ3) is 3.08. The largest absolute Gasteiger partial charge is 0.462 e. The predicted molar refractivity (Wildman–Crippen MR) is 130 cm³/mol. The van der Waals surface area contributed by atoms with Crippen LogP contribution in [0.2, 0.25) is 0 Å². The quantitative estimate of drug-likeness (QED) is 0.298. The van der Waals surface area contributed by atoms with Crippen molar-refractivity contribution in [3.8, 4) is 0 Å². The van der Waals surface area contributed by atoms with Gasteiger partial charge in [0.15, 0.2) is 0 Å². The number of amides is 2. The Morgan fingerprint density at radius 2 is 1.50 bits per heavy atom. The van der Waals surface area contributed by atoms with E-state index in [0.29, 0.717) is 0 Å². The molecule has 2 heterocycles. The van der Waals surface area contributed by atoms with Gasteiger partial charge in [0.25, 0.3) is 0 Å². The summed E-state index contributed by atoms with van der Waals surface area (Å²) in [5, 5.41) is 0. The number of fused-ring (bicyclic) bond motifs is 3. The second-order valence-corrected chi connectivity index (χ2v) is 9.28. The van der Waals surface area contributed by atoms with Gasteiger partial charge in [-0.15, -0.1) is 0 Å². The first-order valence-corrected chi connectivity index (χ1v) is 12.1. The molecule has 3 aromatic carbocycles. The van der Waals surface area contributed by atoms with E-state index in [2.05, 4.69) is 0 Å². The van der Waals surface area contributed by atoms with Crippen LogP contribution in [0, 0.1) is 17.7 Å². The normalized spacial score (nSPS) is 23.2. The van der Waals surface area contributed by atoms with E-state index >= 15 is 0 Å². The SMILES string of the molecule is CCOC(=O)c1ccc(N2C(=O)[C@H]3[C@@H](c4ccccc4F)OC4(C(=O)c5ccccc5C4=O)[C@H]3C2=O)cc1. The molecule has 2 fully saturated rings. The fraction of sp³-hybridized carbons (Fsp3) is 0.207. The monoisotopic (exact) mass is 513 g/mol. The van der Waals surface area contributed by atoms with E-state index < -0.39 is 58.7 Å². The maximum absolute atomic E-state index is 15.0. The van der Waals surface area contributed by atoms with E-state index in [1.54, 1.807) is 25.1 Å². The Balaban J connectivity index is 1.48. The number of halogens is 1. The maximum Gasteiger partial charge on any atom is 0.338 e. The highest BCUT2D eigenvalue weighted by atomic mass is 19.1. The highest BCUT2D eigenvalue weighted by Gasteiger charge is 2.75. The average molecular weight is 513 g/mol. The molecule has 0 radical (unpaired) electrons. The number of ether oxygens (including phenoxy) is 2. The summed E-state index contributed by atoms with van der Waals surface area (Å²) in [7, 11) is 0. The van der Waals surface area contributed by atoms with E-state index in [1.807, 2.05) is 0 Å². The van der Waals surface area contributed by atoms with Crippen LogP contribution in [0.15, 0.2) is 72.8 Å². The predicted octanol–water partition coefficient (Wildman–Crippen LogP) is 3.70. The van der Waals surface area contributed by atoms with Gasteiger partial charge in [-0.05, 0) is 37.3 Å². The summed E-state index contributed by atoms with van der Waals surface area (Å²) >= 11 is 0. The summed E-state index contributed by atoms with van der Waals surface area (Å²) in [6.45, 7) is 1.84. The van der Waals surface area contributed by atoms with Crippen LogP contribution in [-0.2, 0) is 19.1 Å². The van der Waals surface area contributed by atoms with E-state index in [9.17, 15) is 28.4 Å². The van der Waals surface area contributed by atoms with Gasteiger partial charge >= 0.3 is 5.97 Å². The maximum atomic E-state index is 15.0. The van der Waals surface area contributed by atoms with Crippen LogP contribution in [0.5, 0.6) is 0 Å². The summed E-state index contributed by atoms with van der Waals surface area (Å²) < 4.78 is 26.0. The minimum atomic E-state index is -2.30. The molecular weight excluding hydrogens is 493 g/mol. The van der Waals surface area contributed by atoms with Crippen LogP contribution in [0.1, 0.15) is 49.7 Å². The van der Waals surface area contributed by atoms with Gasteiger partial charge in [-0.2, -0.15) is 0 Å². The molecule has 9 heteroatoms. The zero-order valence-corrected chi connectivity index (χ0v) is 20.1. The number of anilines is 1. The summed E-state index contributed by atoms with van der Waals surface area (Å²) in [5.74, 6) is -7.09. The topological polar surface area (TPSA) is 107 Å². The molecule has 2 amide bonds. The van der Waals surface area contributed by atoms with E-state index in [1.165, 1.54) is 54.6 Å². The Hall–Kier alpha value is -4.50. The molecule has 8 nitrogen and oxygen atoms in total. The Morgan fingerprint density at radius 1 is 0.895 bits per heavy atom. The number of carbonyl (C=O) groups excluding carboxylic acids is 5. The van der Waals surface area contributed by atoms with Crippen molar-refractivity contribution in [3.63, 3.8) is 0 Å². The van der Waals surface area contributed by atoms with Gasteiger partial charge in [-0.3, -0.25) is 19.2 Å². The number of hydrogen-bond acceptors (Lipinski definition) is 7. The first-order chi connectivity index (χ1) is 18.3. The van der Waals surface area contributed by atoms with E-state index in [4.69, 9.17) is 9.47 Å². The van der Waals surface area contributed by atoms with Gasteiger partial charge in [0.1, 0.15) is 5.82 Å². The fourth-order valence-corrected chi connectivity index (χ4v) is 5.72. The number of rotatable bonds is 4. The molecule has 3 atom stereocenters. The molecule has 6 rings (SSSR count). The van der Waals surface area contributed by atoms with Gasteiger partial charge in [0, 0.05) is 16.7 Å². The second kappa shape index (κ2) is 8.53. The minimum Gasteiger partial charge on any atom is -0.462 e. The molecule has 190 valence electrons. The molecule has 3 aromatic rings. The summed E-state index contributed by atoms with van der Waals surface area (Å²) in [6.07, 6.45) is -1.36. The molecule has 1 aliphatic carbocycles. The van der Waals surface area contributed by atoms with Crippen LogP contribution in [-0.4, -0.2) is 41.6 Å². The number of imide groups is 1. The number of benzene rings is 3. The zero-order chi connectivity index (χ0) is 26.8. The van der Waals surface area contributed by atoms with Crippen molar-refractivity contribution in [2.24, 2.45) is 11.8 Å². The fourth-order valence-electron chi connectivity index (χ4n) is 5.72. The Kier molecular flexibility index (Phi) is 5.36. The van der Waals surface area contributed by atoms with Crippen molar-refractivity contribution < 1.29 is 37.8 Å². The van der Waals surface area contributed by atoms with Gasteiger partial charge in [-0.1, -0.05) is 42.5 Å². The second-order valence-electron chi connectivity index (χ2n) is 9.28. The molecular formula is C29H20FNO7. The smallest absolute Gasteiger partial charge is 0.338 e. The number of Topliss-reactive ketones (excluding diaryl/α,β-unsaturated/α-hetero) is 2. The van der Waals surface area contributed by atoms with Crippen molar-refractivity contribution in [2.75, 3.05) is 11.5 Å². The highest BCUT2D eigenvalue weighted by Crippen LogP contribution is 2.57. The van der Waals surface area contributed by atoms with E-state index in [-0.39, 0.29) is 34.5 Å². The van der Waals surface area contributed by atoms with Gasteiger partial charge in [0.2, 0.25) is 29.0 Å². The summed E-state index contributed by atoms with van der Waals surface area (Å²) in [5.41, 5.74) is -1.80. The van der Waals surface area contributed by atoms with Crippen molar-refractivity contribution in [3.05, 3.63) is 101 Å². The summed E-state index contributed by atoms with van der Waals surface area (Å²) in [4.78, 5) is 68.2. The standard InChI is InChI=1S/C29H20FNO7/c1-2-37-28(36)15-11-13-16(14-12-15)31-26(34)21-22(27(31)35)29(38-23(21)19-9-5-6-10-20(19)30)24(32)17-7-3-4-8-18(17)25(29)33/h3-14,21-23H,2H2,1H3/t21-,22-,23-/m1/s1. The average Bonchev–Trinajstić information content (AvgIpc) is 3.49. The van der Waals surface area contributed by atoms with Crippen molar-refractivity contribution >= 4 is 35.0 Å².